The van der Waals surface area contributed by atoms with Gasteiger partial charge in [0.15, 0.2) is 0 Å². The molecule has 0 saturated carbocycles. The molecule has 3 rings (SSSR count). The zero-order chi connectivity index (χ0) is 14.4. The van der Waals surface area contributed by atoms with E-state index in [0.717, 1.165) is 10.8 Å². The average molecular weight is 326 g/mol. The second-order valence-electron chi connectivity index (χ2n) is 4.40. The standard InChI is InChI=1S/C15H7Cl3O2/c16-8-2-1-7-3-12(15(19)20)11-5-9(17)6-13(18)14(11)10(7)4-8/h1-6H,(H,19,20). The van der Waals surface area contributed by atoms with E-state index in [-0.39, 0.29) is 5.56 Å². The van der Waals surface area contributed by atoms with Gasteiger partial charge < -0.3 is 5.11 Å². The highest BCUT2D eigenvalue weighted by atomic mass is 35.5. The Bertz CT molecular complexity index is 872. The molecule has 0 bridgehead atoms. The minimum Gasteiger partial charge on any atom is -0.478 e. The van der Waals surface area contributed by atoms with Crippen LogP contribution in [-0.2, 0) is 0 Å². The zero-order valence-corrected chi connectivity index (χ0v) is 12.2. The van der Waals surface area contributed by atoms with Gasteiger partial charge in [-0.3, -0.25) is 0 Å². The van der Waals surface area contributed by atoms with E-state index in [2.05, 4.69) is 0 Å². The van der Waals surface area contributed by atoms with Crippen LogP contribution in [0.3, 0.4) is 0 Å². The van der Waals surface area contributed by atoms with E-state index in [4.69, 9.17) is 34.8 Å². The molecule has 100 valence electrons. The molecule has 2 nitrogen and oxygen atoms in total. The Hall–Kier alpha value is -1.48. The Morgan fingerprint density at radius 3 is 2.30 bits per heavy atom. The van der Waals surface area contributed by atoms with Crippen molar-refractivity contribution in [2.24, 2.45) is 0 Å². The highest BCUT2D eigenvalue weighted by molar-refractivity contribution is 6.41. The quantitative estimate of drug-likeness (QED) is 0.587. The molecule has 0 heterocycles. The zero-order valence-electron chi connectivity index (χ0n) is 9.95. The molecule has 3 aromatic rings. The Kier molecular flexibility index (Phi) is 3.25. The molecule has 5 heteroatoms. The summed E-state index contributed by atoms with van der Waals surface area (Å²) in [7, 11) is 0. The first-order valence-corrected chi connectivity index (χ1v) is 6.85. The molecule has 0 atom stereocenters. The van der Waals surface area contributed by atoms with Crippen LogP contribution in [0.2, 0.25) is 15.1 Å². The molecule has 1 N–H and O–H groups in total. The summed E-state index contributed by atoms with van der Waals surface area (Å²) in [6, 6.07) is 10.1. The lowest BCUT2D eigenvalue weighted by Gasteiger charge is -2.10. The third-order valence-electron chi connectivity index (χ3n) is 3.16. The molecular formula is C15H7Cl3O2. The highest BCUT2D eigenvalue weighted by Crippen LogP contribution is 2.37. The van der Waals surface area contributed by atoms with E-state index in [1.807, 2.05) is 0 Å². The van der Waals surface area contributed by atoms with Gasteiger partial charge in [0, 0.05) is 15.4 Å². The van der Waals surface area contributed by atoms with E-state index in [1.54, 1.807) is 36.4 Å². The van der Waals surface area contributed by atoms with Crippen molar-refractivity contribution < 1.29 is 9.90 Å². The van der Waals surface area contributed by atoms with Crippen molar-refractivity contribution in [3.05, 3.63) is 57.0 Å². The number of benzene rings is 3. The largest absolute Gasteiger partial charge is 0.478 e. The molecule has 0 aliphatic rings. The SMILES string of the molecule is O=C(O)c1cc2ccc(Cl)cc2c2c(Cl)cc(Cl)cc12. The monoisotopic (exact) mass is 324 g/mol. The van der Waals surface area contributed by atoms with Crippen molar-refractivity contribution in [3.8, 4) is 0 Å². The Balaban J connectivity index is 2.63. The summed E-state index contributed by atoms with van der Waals surface area (Å²) in [4.78, 5) is 11.4. The number of halogens is 3. The summed E-state index contributed by atoms with van der Waals surface area (Å²) >= 11 is 18.2. The van der Waals surface area contributed by atoms with Crippen molar-refractivity contribution in [2.45, 2.75) is 0 Å². The second kappa shape index (κ2) is 4.81. The van der Waals surface area contributed by atoms with Gasteiger partial charge in [-0.25, -0.2) is 4.79 Å². The normalized spacial score (nSPS) is 11.2. The number of hydrogen-bond donors (Lipinski definition) is 1. The minimum absolute atomic E-state index is 0.166. The van der Waals surface area contributed by atoms with Gasteiger partial charge in [-0.05, 0) is 46.5 Å². The average Bonchev–Trinajstić information content (AvgIpc) is 2.36. The van der Waals surface area contributed by atoms with Crippen LogP contribution in [0.5, 0.6) is 0 Å². The molecule has 20 heavy (non-hydrogen) atoms. The van der Waals surface area contributed by atoms with Gasteiger partial charge in [0.1, 0.15) is 0 Å². The number of fused-ring (bicyclic) bond motifs is 3. The molecule has 0 fully saturated rings. The first-order valence-electron chi connectivity index (χ1n) is 5.71. The van der Waals surface area contributed by atoms with Crippen molar-refractivity contribution in [1.82, 2.24) is 0 Å². The van der Waals surface area contributed by atoms with Crippen molar-refractivity contribution in [3.63, 3.8) is 0 Å². The van der Waals surface area contributed by atoms with Gasteiger partial charge in [-0.1, -0.05) is 40.9 Å². The Labute approximate surface area is 129 Å². The van der Waals surface area contributed by atoms with Crippen molar-refractivity contribution in [2.75, 3.05) is 0 Å². The number of rotatable bonds is 1. The molecule has 0 amide bonds. The fourth-order valence-electron chi connectivity index (χ4n) is 2.34. The smallest absolute Gasteiger partial charge is 0.336 e. The maximum absolute atomic E-state index is 11.4. The maximum atomic E-state index is 11.4. The third kappa shape index (κ3) is 2.10. The van der Waals surface area contributed by atoms with Crippen LogP contribution in [0, 0.1) is 0 Å². The molecule has 0 aliphatic carbocycles. The molecular weight excluding hydrogens is 319 g/mol. The summed E-state index contributed by atoms with van der Waals surface area (Å²) in [5.41, 5.74) is 0.166. The lowest BCUT2D eigenvalue weighted by Crippen LogP contribution is -1.98. The Morgan fingerprint density at radius 1 is 0.900 bits per heavy atom. The number of hydrogen-bond acceptors (Lipinski definition) is 1. The van der Waals surface area contributed by atoms with Crippen molar-refractivity contribution in [1.29, 1.82) is 0 Å². The number of carbonyl (C=O) groups is 1. The van der Waals surface area contributed by atoms with Crippen LogP contribution in [0.15, 0.2) is 36.4 Å². The highest BCUT2D eigenvalue weighted by Gasteiger charge is 2.15. The van der Waals surface area contributed by atoms with E-state index in [1.165, 1.54) is 0 Å². The molecule has 0 aliphatic heterocycles. The van der Waals surface area contributed by atoms with Crippen LogP contribution in [-0.4, -0.2) is 11.1 Å². The molecule has 0 aromatic heterocycles. The lowest BCUT2D eigenvalue weighted by molar-refractivity contribution is 0.0699. The molecule has 0 unspecified atom stereocenters. The molecule has 0 radical (unpaired) electrons. The fraction of sp³-hybridized carbons (Fsp3) is 0. The van der Waals surface area contributed by atoms with Crippen LogP contribution in [0.4, 0.5) is 0 Å². The summed E-state index contributed by atoms with van der Waals surface area (Å²) in [5.74, 6) is -1.02. The van der Waals surface area contributed by atoms with E-state index >= 15 is 0 Å². The lowest BCUT2D eigenvalue weighted by atomic mass is 9.97. The van der Waals surface area contributed by atoms with Gasteiger partial charge in [0.05, 0.1) is 10.6 Å². The van der Waals surface area contributed by atoms with Gasteiger partial charge in [0.2, 0.25) is 0 Å². The Morgan fingerprint density at radius 2 is 1.60 bits per heavy atom. The van der Waals surface area contributed by atoms with Crippen LogP contribution in [0.1, 0.15) is 10.4 Å². The first-order chi connectivity index (χ1) is 9.47. The topological polar surface area (TPSA) is 37.3 Å². The van der Waals surface area contributed by atoms with E-state index in [0.29, 0.717) is 25.8 Å². The van der Waals surface area contributed by atoms with Gasteiger partial charge >= 0.3 is 5.97 Å². The van der Waals surface area contributed by atoms with Crippen LogP contribution >= 0.6 is 34.8 Å². The van der Waals surface area contributed by atoms with Crippen molar-refractivity contribution >= 4 is 62.3 Å². The molecule has 3 aromatic carbocycles. The molecule has 0 saturated heterocycles. The number of carboxylic acid groups (broad SMARTS) is 1. The number of carboxylic acids is 1. The van der Waals surface area contributed by atoms with Crippen LogP contribution < -0.4 is 0 Å². The van der Waals surface area contributed by atoms with Gasteiger partial charge in [-0.2, -0.15) is 0 Å². The predicted molar refractivity (Wildman–Crippen MR) is 83.4 cm³/mol. The number of aromatic carboxylic acids is 1. The molecule has 0 spiro atoms. The summed E-state index contributed by atoms with van der Waals surface area (Å²) in [5, 5.41) is 13.5. The summed E-state index contributed by atoms with van der Waals surface area (Å²) < 4.78 is 0. The summed E-state index contributed by atoms with van der Waals surface area (Å²) in [6.45, 7) is 0. The maximum Gasteiger partial charge on any atom is 0.336 e. The second-order valence-corrected chi connectivity index (χ2v) is 5.68. The van der Waals surface area contributed by atoms with E-state index < -0.39 is 5.97 Å². The first kappa shape index (κ1) is 13.5. The summed E-state index contributed by atoms with van der Waals surface area (Å²) in [6.07, 6.45) is 0. The predicted octanol–water partition coefficient (Wildman–Crippen LogP) is 5.65. The third-order valence-corrected chi connectivity index (χ3v) is 3.91. The van der Waals surface area contributed by atoms with Crippen LogP contribution in [0.25, 0.3) is 21.5 Å². The van der Waals surface area contributed by atoms with Gasteiger partial charge in [-0.15, -0.1) is 0 Å². The fourth-order valence-corrected chi connectivity index (χ4v) is 3.11. The van der Waals surface area contributed by atoms with E-state index in [9.17, 15) is 9.90 Å². The minimum atomic E-state index is -1.02. The van der Waals surface area contributed by atoms with Gasteiger partial charge in [0.25, 0.3) is 0 Å².